The molecule has 4 unspecified atom stereocenters. The Morgan fingerprint density at radius 3 is 2.45 bits per heavy atom. The molecule has 1 amide bonds. The highest BCUT2D eigenvalue weighted by Crippen LogP contribution is 2.30. The third-order valence-electron chi connectivity index (χ3n) is 7.81. The number of aromatic amines is 1. The van der Waals surface area contributed by atoms with E-state index in [9.17, 15) is 34.4 Å². The summed E-state index contributed by atoms with van der Waals surface area (Å²) in [6.07, 6.45) is -3.48. The molecule has 1 aromatic heterocycles. The van der Waals surface area contributed by atoms with E-state index in [4.69, 9.17) is 10.8 Å². The number of β-amino-alcohol motifs (C(OH)–C–C–N with tert-alkyl or cyclic N) is 1. The van der Waals surface area contributed by atoms with E-state index in [0.717, 1.165) is 10.0 Å². The van der Waals surface area contributed by atoms with Crippen LogP contribution in [-0.2, 0) is 15.0 Å². The molecule has 0 spiro atoms. The van der Waals surface area contributed by atoms with Gasteiger partial charge in [-0.05, 0) is 52.9 Å². The third kappa shape index (κ3) is 11.2. The third-order valence-corrected chi connectivity index (χ3v) is 8.27. The van der Waals surface area contributed by atoms with Gasteiger partial charge in [0.2, 0.25) is 5.91 Å². The number of nitrogens with zero attached hydrogens (tertiary/aromatic N) is 1. The van der Waals surface area contributed by atoms with E-state index in [-0.39, 0.29) is 36.4 Å². The number of aliphatic hydroxyl groups excluding tert-OH is 3. The number of anilines is 1. The maximum atomic E-state index is 13.4. The molecule has 12 N–H and O–H groups in total. The van der Waals surface area contributed by atoms with Gasteiger partial charge in [0.25, 0.3) is 0 Å². The normalized spacial score (nSPS) is 16.2. The first-order chi connectivity index (χ1) is 24.0. The highest BCUT2D eigenvalue weighted by atomic mass is 79.9. The summed E-state index contributed by atoms with van der Waals surface area (Å²) in [5.74, 6) is -1.75. The molecule has 0 radical (unpaired) electrons. The number of rotatable bonds is 10. The Bertz CT molecular complexity index is 1880. The number of nitrogens with one attached hydrogen (secondary N) is 5. The van der Waals surface area contributed by atoms with Gasteiger partial charge in [0.1, 0.15) is 18.2 Å². The second kappa shape index (κ2) is 17.1. The van der Waals surface area contributed by atoms with Crippen LogP contribution < -0.4 is 27.0 Å². The Labute approximate surface area is 302 Å². The lowest BCUT2D eigenvalue weighted by Gasteiger charge is -2.24. The van der Waals surface area contributed by atoms with Crippen LogP contribution >= 0.6 is 15.9 Å². The quantitative estimate of drug-likeness (QED) is 0.105. The number of carboxylic acids is 1. The number of fused-ring (bicyclic) bond motifs is 1. The lowest BCUT2D eigenvalue weighted by atomic mass is 9.85. The molecule has 0 saturated heterocycles. The van der Waals surface area contributed by atoms with Gasteiger partial charge >= 0.3 is 5.97 Å². The highest BCUT2D eigenvalue weighted by Gasteiger charge is 2.23. The number of phenols is 1. The van der Waals surface area contributed by atoms with Crippen LogP contribution in [0, 0.1) is 5.82 Å². The van der Waals surface area contributed by atoms with Gasteiger partial charge < -0.3 is 52.2 Å². The minimum absolute atomic E-state index is 0.0289. The first-order valence-electron chi connectivity index (χ1n) is 16.0. The number of carboxylic acid groups (broad SMARTS) is 1. The molecule has 1 aliphatic rings. The van der Waals surface area contributed by atoms with E-state index < -0.39 is 42.3 Å². The summed E-state index contributed by atoms with van der Waals surface area (Å²) in [5, 5.41) is 60.5. The fourth-order valence-electron chi connectivity index (χ4n) is 5.18. The molecule has 274 valence electrons. The predicted molar refractivity (Wildman–Crippen MR) is 194 cm³/mol. The lowest BCUT2D eigenvalue weighted by molar-refractivity contribution is -0.137. The van der Waals surface area contributed by atoms with Crippen LogP contribution in [0.15, 0.2) is 70.1 Å². The number of halogens is 2. The average molecular weight is 773 g/mol. The largest absolute Gasteiger partial charge is 0.508 e. The summed E-state index contributed by atoms with van der Waals surface area (Å²) < 4.78 is 14.2. The van der Waals surface area contributed by atoms with Gasteiger partial charge in [-0.2, -0.15) is 0 Å². The van der Waals surface area contributed by atoms with E-state index in [1.807, 2.05) is 32.9 Å². The second-order valence-corrected chi connectivity index (χ2v) is 13.9. The van der Waals surface area contributed by atoms with Crippen molar-refractivity contribution in [3.05, 3.63) is 93.3 Å². The van der Waals surface area contributed by atoms with Gasteiger partial charge in [-0.3, -0.25) is 19.9 Å². The van der Waals surface area contributed by atoms with E-state index in [1.54, 1.807) is 36.4 Å². The molecule has 0 bridgehead atoms. The summed E-state index contributed by atoms with van der Waals surface area (Å²) in [6, 6.07) is 16.1. The van der Waals surface area contributed by atoms with E-state index in [1.165, 1.54) is 12.1 Å². The smallest absolute Gasteiger partial charge is 0.305 e. The number of H-pyrrole nitrogens is 1. The summed E-state index contributed by atoms with van der Waals surface area (Å²) >= 11 is 3.47. The van der Waals surface area contributed by atoms with E-state index in [0.29, 0.717) is 40.2 Å². The molecule has 4 aromatic rings. The number of benzene rings is 3. The van der Waals surface area contributed by atoms with E-state index >= 15 is 0 Å². The zero-order chi connectivity index (χ0) is 37.5. The van der Waals surface area contributed by atoms with Crippen molar-refractivity contribution in [2.45, 2.75) is 57.2 Å². The number of aromatic hydroxyl groups is 1. The van der Waals surface area contributed by atoms with Crippen molar-refractivity contribution in [1.82, 2.24) is 20.9 Å². The fraction of sp³-hybridized carbons (Fsp3) is 0.343. The number of aliphatic imine (C=N–C) groups is 1. The average Bonchev–Trinajstić information content (AvgIpc) is 3.40. The number of carbonyl (C=O) groups excluding carboxylic acids is 1. The van der Waals surface area contributed by atoms with Gasteiger partial charge in [0.05, 0.1) is 37.4 Å². The molecule has 14 nitrogen and oxygen atoms in total. The number of aliphatic carboxylic acids is 1. The molecule has 5 rings (SSSR count). The van der Waals surface area contributed by atoms with Crippen LogP contribution in [0.5, 0.6) is 5.75 Å². The topological polar surface area (TPSA) is 238 Å². The van der Waals surface area contributed by atoms with Crippen LogP contribution in [0.4, 0.5) is 10.1 Å². The molecule has 51 heavy (non-hydrogen) atoms. The number of para-hydroxylation sites is 1. The van der Waals surface area contributed by atoms with Crippen molar-refractivity contribution in [3.8, 4) is 5.75 Å². The SMILES string of the molecule is CC(C)(C)c1cc(Br)cc(C(CC(=O)O)NC(=O)CNC(O)c2cc(O)cc(NC3=NCC(O)CN3)c2)c1.NC(O)c1[nH]c2ccccc2c1F. The summed E-state index contributed by atoms with van der Waals surface area (Å²) in [7, 11) is 0. The molecule has 16 heteroatoms. The number of aliphatic hydroxyl groups is 3. The van der Waals surface area contributed by atoms with Crippen LogP contribution in [0.25, 0.3) is 10.9 Å². The van der Waals surface area contributed by atoms with Gasteiger partial charge in [-0.15, -0.1) is 0 Å². The maximum absolute atomic E-state index is 13.4. The number of carbonyl (C=O) groups is 2. The number of nitrogens with two attached hydrogens (primary N) is 1. The van der Waals surface area contributed by atoms with Crippen molar-refractivity contribution >= 4 is 50.4 Å². The standard InChI is InChI=1S/C26H34BrN5O6.C9H9FN2O/c1-26(2,3)16-4-14(5-17(27)8-16)21(10-23(36)37)32-22(35)13-28-24(38)15-6-18(9-19(33)7-15)31-25-29-11-20(34)12-30-25;10-7-5-3-1-2-4-6(5)12-8(7)9(11)13/h4-9,20-21,24,28,33-34,38H,10-13H2,1-3H3,(H,32,35)(H,36,37)(H2,29,30,31);1-4,9,12-13H,11H2. The monoisotopic (exact) mass is 771 g/mol. The lowest BCUT2D eigenvalue weighted by Crippen LogP contribution is -2.42. The first kappa shape index (κ1) is 39.2. The summed E-state index contributed by atoms with van der Waals surface area (Å²) in [6.45, 7) is 6.39. The second-order valence-electron chi connectivity index (χ2n) is 13.0. The van der Waals surface area contributed by atoms with Crippen molar-refractivity contribution < 1.29 is 39.5 Å². The Hall–Kier alpha value is -4.58. The number of amides is 1. The van der Waals surface area contributed by atoms with Crippen molar-refractivity contribution in [2.24, 2.45) is 10.7 Å². The van der Waals surface area contributed by atoms with Gasteiger partial charge in [-0.25, -0.2) is 4.39 Å². The first-order valence-corrected chi connectivity index (χ1v) is 16.8. The molecule has 0 aliphatic carbocycles. The van der Waals surface area contributed by atoms with Crippen molar-refractivity contribution in [2.75, 3.05) is 25.0 Å². The van der Waals surface area contributed by atoms with Crippen LogP contribution in [-0.4, -0.2) is 74.1 Å². The Morgan fingerprint density at radius 2 is 1.82 bits per heavy atom. The van der Waals surface area contributed by atoms with Crippen LogP contribution in [0.1, 0.15) is 68.1 Å². The van der Waals surface area contributed by atoms with Crippen molar-refractivity contribution in [3.63, 3.8) is 0 Å². The molecule has 2 heterocycles. The Balaban J connectivity index is 0.000000372. The van der Waals surface area contributed by atoms with Gasteiger partial charge in [0.15, 0.2) is 11.8 Å². The number of hydrogen-bond acceptors (Lipinski definition) is 11. The molecule has 1 aliphatic heterocycles. The number of aromatic nitrogens is 1. The van der Waals surface area contributed by atoms with Gasteiger partial charge in [0, 0.05) is 39.2 Å². The molecule has 3 aromatic carbocycles. The fourth-order valence-corrected chi connectivity index (χ4v) is 5.69. The molecular formula is C35H43BrFN7O7. The molecule has 4 atom stereocenters. The summed E-state index contributed by atoms with van der Waals surface area (Å²) in [5.41, 5.74) is 8.02. The zero-order valence-corrected chi connectivity index (χ0v) is 29.8. The van der Waals surface area contributed by atoms with Crippen LogP contribution in [0.2, 0.25) is 0 Å². The Morgan fingerprint density at radius 1 is 1.10 bits per heavy atom. The molecular weight excluding hydrogens is 729 g/mol. The summed E-state index contributed by atoms with van der Waals surface area (Å²) in [4.78, 5) is 31.1. The van der Waals surface area contributed by atoms with Crippen LogP contribution in [0.3, 0.4) is 0 Å². The van der Waals surface area contributed by atoms with Crippen molar-refractivity contribution in [1.29, 1.82) is 0 Å². The van der Waals surface area contributed by atoms with Gasteiger partial charge in [-0.1, -0.05) is 54.9 Å². The zero-order valence-electron chi connectivity index (χ0n) is 28.2. The molecule has 0 fully saturated rings. The Kier molecular flexibility index (Phi) is 13.1. The minimum Gasteiger partial charge on any atom is -0.508 e. The minimum atomic E-state index is -1.30. The molecule has 0 saturated carbocycles. The number of phenolic OH excluding ortho intramolecular Hbond substituents is 1. The predicted octanol–water partition coefficient (Wildman–Crippen LogP) is 3.35. The number of hydrogen-bond donors (Lipinski definition) is 11. The highest BCUT2D eigenvalue weighted by molar-refractivity contribution is 9.10. The van der Waals surface area contributed by atoms with E-state index in [2.05, 4.69) is 47.2 Å². The maximum Gasteiger partial charge on any atom is 0.305 e. The number of guanidine groups is 1.